The number of fused-ring (bicyclic) bond motifs is 1. The maximum atomic E-state index is 13.4. The van der Waals surface area contributed by atoms with Crippen molar-refractivity contribution in [1.82, 2.24) is 4.98 Å². The van der Waals surface area contributed by atoms with Crippen LogP contribution in [0.25, 0.3) is 10.9 Å². The van der Waals surface area contributed by atoms with Crippen LogP contribution in [0.2, 0.25) is 0 Å². The van der Waals surface area contributed by atoms with Gasteiger partial charge in [0.1, 0.15) is 5.82 Å². The molecule has 5 nitrogen and oxygen atoms in total. The van der Waals surface area contributed by atoms with Gasteiger partial charge in [-0.25, -0.2) is 4.39 Å². The lowest BCUT2D eigenvalue weighted by atomic mass is 10.1. The van der Waals surface area contributed by atoms with E-state index in [1.807, 2.05) is 12.1 Å². The van der Waals surface area contributed by atoms with Gasteiger partial charge >= 0.3 is 0 Å². The predicted octanol–water partition coefficient (Wildman–Crippen LogP) is 4.06. The van der Waals surface area contributed by atoms with Gasteiger partial charge < -0.3 is 10.2 Å². The highest BCUT2D eigenvalue weighted by Crippen LogP contribution is 2.25. The van der Waals surface area contributed by atoms with Crippen molar-refractivity contribution in [2.45, 2.75) is 19.8 Å². The molecule has 0 aliphatic carbocycles. The Labute approximate surface area is 155 Å². The van der Waals surface area contributed by atoms with Gasteiger partial charge in [-0.2, -0.15) is 0 Å². The molecule has 27 heavy (non-hydrogen) atoms. The van der Waals surface area contributed by atoms with Crippen LogP contribution in [-0.2, 0) is 4.79 Å². The molecule has 2 aromatic carbocycles. The van der Waals surface area contributed by atoms with Crippen LogP contribution in [0.4, 0.5) is 15.8 Å². The molecule has 0 radical (unpaired) electrons. The molecule has 0 saturated carbocycles. The first-order chi connectivity index (χ1) is 13.0. The van der Waals surface area contributed by atoms with Crippen molar-refractivity contribution in [2.24, 2.45) is 0 Å². The second-order valence-electron chi connectivity index (χ2n) is 6.61. The highest BCUT2D eigenvalue weighted by molar-refractivity contribution is 6.07. The number of anilines is 2. The molecular formula is C21H18FN3O2. The third-order valence-electron chi connectivity index (χ3n) is 4.70. The van der Waals surface area contributed by atoms with E-state index in [1.165, 1.54) is 12.1 Å². The summed E-state index contributed by atoms with van der Waals surface area (Å²) in [6.45, 7) is 2.42. The number of hydrogen-bond donors (Lipinski definition) is 1. The lowest BCUT2D eigenvalue weighted by molar-refractivity contribution is -0.117. The molecule has 2 heterocycles. The maximum absolute atomic E-state index is 13.4. The van der Waals surface area contributed by atoms with E-state index < -0.39 is 0 Å². The first-order valence-corrected chi connectivity index (χ1v) is 8.80. The topological polar surface area (TPSA) is 62.3 Å². The highest BCUT2D eigenvalue weighted by Gasteiger charge is 2.22. The summed E-state index contributed by atoms with van der Waals surface area (Å²) in [4.78, 5) is 30.7. The number of pyridine rings is 1. The zero-order chi connectivity index (χ0) is 19.0. The van der Waals surface area contributed by atoms with E-state index in [0.29, 0.717) is 40.8 Å². The van der Waals surface area contributed by atoms with Crippen LogP contribution >= 0.6 is 0 Å². The van der Waals surface area contributed by atoms with Gasteiger partial charge in [-0.05, 0) is 49.7 Å². The Balaban J connectivity index is 1.61. The Morgan fingerprint density at radius 2 is 2.04 bits per heavy atom. The highest BCUT2D eigenvalue weighted by atomic mass is 19.1. The number of carbonyl (C=O) groups excluding carboxylic acids is 2. The summed E-state index contributed by atoms with van der Waals surface area (Å²) in [6, 6.07) is 13.2. The molecule has 0 unspecified atom stereocenters. The number of nitrogens with zero attached hydrogens (tertiary/aromatic N) is 2. The van der Waals surface area contributed by atoms with Crippen LogP contribution in [0.5, 0.6) is 0 Å². The summed E-state index contributed by atoms with van der Waals surface area (Å²) < 4.78 is 13.4. The van der Waals surface area contributed by atoms with Crippen molar-refractivity contribution in [2.75, 3.05) is 16.8 Å². The molecule has 136 valence electrons. The number of benzene rings is 2. The molecule has 0 bridgehead atoms. The van der Waals surface area contributed by atoms with Gasteiger partial charge in [-0.3, -0.25) is 14.6 Å². The van der Waals surface area contributed by atoms with Gasteiger partial charge in [0.15, 0.2) is 0 Å². The van der Waals surface area contributed by atoms with Gasteiger partial charge in [0.2, 0.25) is 5.91 Å². The quantitative estimate of drug-likeness (QED) is 0.763. The van der Waals surface area contributed by atoms with Crippen molar-refractivity contribution in [1.29, 1.82) is 0 Å². The summed E-state index contributed by atoms with van der Waals surface area (Å²) in [5, 5.41) is 3.56. The number of nitrogens with one attached hydrogen (secondary N) is 1. The van der Waals surface area contributed by atoms with Gasteiger partial charge in [0.05, 0.1) is 16.8 Å². The molecule has 6 heteroatoms. The Bertz CT molecular complexity index is 1060. The second-order valence-corrected chi connectivity index (χ2v) is 6.61. The standard InChI is InChI=1S/C21H18FN3O2/c1-13-18(10-14-7-8-15(22)11-19(14)23-13)21(27)24-16-4-2-5-17(12-16)25-9-3-6-20(25)26/h2,4-5,7-8,10-12H,3,6,9H2,1H3,(H,24,27). The Hall–Kier alpha value is -3.28. The van der Waals surface area contributed by atoms with E-state index in [0.717, 1.165) is 12.1 Å². The van der Waals surface area contributed by atoms with Crippen molar-refractivity contribution in [3.05, 3.63) is 65.6 Å². The monoisotopic (exact) mass is 363 g/mol. The Morgan fingerprint density at radius 3 is 2.81 bits per heavy atom. The minimum absolute atomic E-state index is 0.0975. The molecule has 0 spiro atoms. The molecular weight excluding hydrogens is 345 g/mol. The number of halogens is 1. The number of rotatable bonds is 3. The molecule has 3 aromatic rings. The zero-order valence-electron chi connectivity index (χ0n) is 14.8. The fraction of sp³-hybridized carbons (Fsp3) is 0.190. The van der Waals surface area contributed by atoms with Crippen LogP contribution < -0.4 is 10.2 Å². The molecule has 1 aliphatic rings. The number of aryl methyl sites for hydroxylation is 1. The molecule has 4 rings (SSSR count). The van der Waals surface area contributed by atoms with E-state index in [4.69, 9.17) is 0 Å². The van der Waals surface area contributed by atoms with Crippen molar-refractivity contribution < 1.29 is 14.0 Å². The van der Waals surface area contributed by atoms with E-state index in [9.17, 15) is 14.0 Å². The van der Waals surface area contributed by atoms with Crippen molar-refractivity contribution >= 4 is 34.1 Å². The van der Waals surface area contributed by atoms with Gasteiger partial charge in [-0.15, -0.1) is 0 Å². The van der Waals surface area contributed by atoms with Crippen molar-refractivity contribution in [3.8, 4) is 0 Å². The van der Waals surface area contributed by atoms with Crippen LogP contribution in [0.3, 0.4) is 0 Å². The van der Waals surface area contributed by atoms with Crippen LogP contribution in [0.1, 0.15) is 28.9 Å². The third-order valence-corrected chi connectivity index (χ3v) is 4.70. The number of aromatic nitrogens is 1. The van der Waals surface area contributed by atoms with Gasteiger partial charge in [-0.1, -0.05) is 6.07 Å². The van der Waals surface area contributed by atoms with Crippen LogP contribution in [0, 0.1) is 12.7 Å². The second kappa shape index (κ2) is 6.79. The normalized spacial score (nSPS) is 14.0. The average Bonchev–Trinajstić information content (AvgIpc) is 3.07. The smallest absolute Gasteiger partial charge is 0.257 e. The summed E-state index contributed by atoms with van der Waals surface area (Å²) in [5.74, 6) is -0.559. The summed E-state index contributed by atoms with van der Waals surface area (Å²) >= 11 is 0. The largest absolute Gasteiger partial charge is 0.322 e. The zero-order valence-corrected chi connectivity index (χ0v) is 14.8. The molecule has 1 saturated heterocycles. The fourth-order valence-electron chi connectivity index (χ4n) is 3.34. The lowest BCUT2D eigenvalue weighted by Gasteiger charge is -2.17. The Morgan fingerprint density at radius 1 is 1.19 bits per heavy atom. The number of carbonyl (C=O) groups is 2. The molecule has 1 N–H and O–H groups in total. The lowest BCUT2D eigenvalue weighted by Crippen LogP contribution is -2.23. The molecule has 0 atom stereocenters. The first-order valence-electron chi connectivity index (χ1n) is 8.80. The fourth-order valence-corrected chi connectivity index (χ4v) is 3.34. The van der Waals surface area contributed by atoms with E-state index in [1.54, 1.807) is 36.1 Å². The summed E-state index contributed by atoms with van der Waals surface area (Å²) in [5.41, 5.74) is 2.85. The predicted molar refractivity (Wildman–Crippen MR) is 102 cm³/mol. The average molecular weight is 363 g/mol. The molecule has 1 aliphatic heterocycles. The van der Waals surface area contributed by atoms with E-state index in [-0.39, 0.29) is 17.6 Å². The summed E-state index contributed by atoms with van der Waals surface area (Å²) in [7, 11) is 0. The van der Waals surface area contributed by atoms with Gasteiger partial charge in [0, 0.05) is 35.8 Å². The molecule has 1 fully saturated rings. The Kier molecular flexibility index (Phi) is 4.32. The molecule has 2 amide bonds. The molecule has 1 aromatic heterocycles. The third kappa shape index (κ3) is 3.38. The van der Waals surface area contributed by atoms with Gasteiger partial charge in [0.25, 0.3) is 5.91 Å². The maximum Gasteiger partial charge on any atom is 0.257 e. The van der Waals surface area contributed by atoms with Crippen LogP contribution in [0.15, 0.2) is 48.5 Å². The number of amides is 2. The minimum Gasteiger partial charge on any atom is -0.322 e. The number of hydrogen-bond acceptors (Lipinski definition) is 3. The van der Waals surface area contributed by atoms with Crippen LogP contribution in [-0.4, -0.2) is 23.3 Å². The SMILES string of the molecule is Cc1nc2cc(F)ccc2cc1C(=O)Nc1cccc(N2CCCC2=O)c1. The minimum atomic E-state index is -0.361. The van der Waals surface area contributed by atoms with E-state index in [2.05, 4.69) is 10.3 Å². The first kappa shape index (κ1) is 17.1. The van der Waals surface area contributed by atoms with E-state index >= 15 is 0 Å². The van der Waals surface area contributed by atoms with Crippen molar-refractivity contribution in [3.63, 3.8) is 0 Å². The summed E-state index contributed by atoms with van der Waals surface area (Å²) in [6.07, 6.45) is 1.40.